The standard InChI is InChI=1S/C30H35F2N2O8P/c1-18(2)40-28(37)20(4)33-43(38,42-22-11-12-23(24(31)16-22)21-9-7-6-8-10-21)39-17-25-27(36)30(5,32)29(41-25)34-14-13-19(3)15-26(34)35/h6-14,16,18,20,25,27,29,36H,3,15,17H2,1-2,4-5H3,(H,33,38)/t20-,25+,27+,29+,30+,43?/m0/s1. The Morgan fingerprint density at radius 3 is 2.58 bits per heavy atom. The van der Waals surface area contributed by atoms with E-state index in [2.05, 4.69) is 11.7 Å². The topological polar surface area (TPSA) is 124 Å². The van der Waals surface area contributed by atoms with Crippen LogP contribution in [-0.4, -0.2) is 64.7 Å². The van der Waals surface area contributed by atoms with Crippen LogP contribution >= 0.6 is 7.75 Å². The number of nitrogens with one attached hydrogen (secondary N) is 1. The fourth-order valence-corrected chi connectivity index (χ4v) is 6.10. The van der Waals surface area contributed by atoms with E-state index < -0.39 is 68.3 Å². The molecule has 2 aromatic carbocycles. The fraction of sp³-hybridized carbons (Fsp3) is 0.400. The Balaban J connectivity index is 1.55. The number of ether oxygens (including phenoxy) is 2. The maximum absolute atomic E-state index is 15.7. The van der Waals surface area contributed by atoms with Gasteiger partial charge in [-0.05, 0) is 57.0 Å². The molecule has 2 aliphatic heterocycles. The van der Waals surface area contributed by atoms with Crippen molar-refractivity contribution in [3.8, 4) is 16.9 Å². The highest BCUT2D eigenvalue weighted by atomic mass is 31.2. The number of rotatable bonds is 11. The first kappa shape index (κ1) is 32.5. The molecular weight excluding hydrogens is 585 g/mol. The molecule has 0 radical (unpaired) electrons. The Morgan fingerprint density at radius 2 is 1.95 bits per heavy atom. The average Bonchev–Trinajstić information content (AvgIpc) is 3.15. The number of alkyl halides is 1. The monoisotopic (exact) mass is 620 g/mol. The van der Waals surface area contributed by atoms with Crippen LogP contribution in [-0.2, 0) is 28.2 Å². The van der Waals surface area contributed by atoms with Gasteiger partial charge in [0.1, 0.15) is 29.8 Å². The van der Waals surface area contributed by atoms with Gasteiger partial charge in [-0.2, -0.15) is 5.09 Å². The van der Waals surface area contributed by atoms with E-state index in [1.807, 2.05) is 0 Å². The second-order valence-electron chi connectivity index (χ2n) is 10.8. The van der Waals surface area contributed by atoms with E-state index in [4.69, 9.17) is 18.5 Å². The van der Waals surface area contributed by atoms with Gasteiger partial charge >= 0.3 is 13.7 Å². The van der Waals surface area contributed by atoms with Gasteiger partial charge in [0, 0.05) is 17.8 Å². The Labute approximate surface area is 248 Å². The number of benzene rings is 2. The third-order valence-corrected chi connectivity index (χ3v) is 8.47. The summed E-state index contributed by atoms with van der Waals surface area (Å²) in [7, 11) is -4.53. The summed E-state index contributed by atoms with van der Waals surface area (Å²) in [5.41, 5.74) is -1.03. The van der Waals surface area contributed by atoms with E-state index in [1.54, 1.807) is 44.2 Å². The van der Waals surface area contributed by atoms with Crippen LogP contribution in [0.25, 0.3) is 11.1 Å². The molecule has 13 heteroatoms. The molecule has 0 aromatic heterocycles. The summed E-state index contributed by atoms with van der Waals surface area (Å²) < 4.78 is 66.7. The highest BCUT2D eigenvalue weighted by Gasteiger charge is 2.57. The molecule has 1 unspecified atom stereocenters. The minimum Gasteiger partial charge on any atom is -0.462 e. The fourth-order valence-electron chi connectivity index (χ4n) is 4.60. The van der Waals surface area contributed by atoms with E-state index in [0.717, 1.165) is 17.9 Å². The van der Waals surface area contributed by atoms with Crippen molar-refractivity contribution in [3.05, 3.63) is 78.8 Å². The van der Waals surface area contributed by atoms with Crippen LogP contribution in [0.4, 0.5) is 8.78 Å². The average molecular weight is 621 g/mol. The van der Waals surface area contributed by atoms with Crippen LogP contribution < -0.4 is 9.61 Å². The summed E-state index contributed by atoms with van der Waals surface area (Å²) in [6, 6.07) is 11.3. The Morgan fingerprint density at radius 1 is 1.26 bits per heavy atom. The molecule has 6 atom stereocenters. The molecule has 2 heterocycles. The number of esters is 1. The molecule has 0 saturated carbocycles. The van der Waals surface area contributed by atoms with Crippen molar-refractivity contribution < 1.29 is 46.6 Å². The van der Waals surface area contributed by atoms with Gasteiger partial charge < -0.3 is 19.1 Å². The Kier molecular flexibility index (Phi) is 9.88. The first-order chi connectivity index (χ1) is 20.2. The van der Waals surface area contributed by atoms with Gasteiger partial charge in [0.15, 0.2) is 11.9 Å². The molecule has 0 spiro atoms. The predicted molar refractivity (Wildman–Crippen MR) is 154 cm³/mol. The molecule has 232 valence electrons. The second-order valence-corrected chi connectivity index (χ2v) is 12.5. The van der Waals surface area contributed by atoms with Crippen molar-refractivity contribution in [2.75, 3.05) is 6.61 Å². The summed E-state index contributed by atoms with van der Waals surface area (Å²) in [4.78, 5) is 26.0. The quantitative estimate of drug-likeness (QED) is 0.263. The molecular formula is C30H35F2N2O8P. The van der Waals surface area contributed by atoms with Crippen LogP contribution in [0, 0.1) is 5.82 Å². The Hall–Kier alpha value is -3.41. The number of carbonyl (C=O) groups excluding carboxylic acids is 2. The van der Waals surface area contributed by atoms with Gasteiger partial charge in [-0.25, -0.2) is 13.3 Å². The van der Waals surface area contributed by atoms with E-state index in [1.165, 1.54) is 31.3 Å². The summed E-state index contributed by atoms with van der Waals surface area (Å²) >= 11 is 0. The lowest BCUT2D eigenvalue weighted by Gasteiger charge is -2.33. The zero-order chi connectivity index (χ0) is 31.5. The zero-order valence-corrected chi connectivity index (χ0v) is 25.1. The second kappa shape index (κ2) is 13.1. The highest BCUT2D eigenvalue weighted by Crippen LogP contribution is 2.47. The SMILES string of the molecule is C=C1C=CN([C@@H]2O[C@H](COP(=O)(N[C@@H](C)C(=O)OC(C)C)Oc3ccc(-c4ccccc4)c(F)c3)[C@@H](O)[C@@]2(C)F)C(=O)C1. The molecule has 2 aromatic rings. The van der Waals surface area contributed by atoms with Crippen LogP contribution in [0.2, 0.25) is 0 Å². The van der Waals surface area contributed by atoms with Gasteiger partial charge in [-0.3, -0.25) is 19.0 Å². The molecule has 1 fully saturated rings. The lowest BCUT2D eigenvalue weighted by atomic mass is 9.97. The highest BCUT2D eigenvalue weighted by molar-refractivity contribution is 7.52. The van der Waals surface area contributed by atoms with Crippen molar-refractivity contribution in [2.24, 2.45) is 0 Å². The van der Waals surface area contributed by atoms with Crippen molar-refractivity contribution >= 4 is 19.6 Å². The molecule has 0 aliphatic carbocycles. The molecule has 1 saturated heterocycles. The number of hydrogen-bond donors (Lipinski definition) is 2. The number of aliphatic hydroxyl groups is 1. The number of allylic oxidation sites excluding steroid dienone is 1. The lowest BCUT2D eigenvalue weighted by Crippen LogP contribution is -2.51. The molecule has 1 amide bonds. The van der Waals surface area contributed by atoms with Gasteiger partial charge in [0.25, 0.3) is 0 Å². The van der Waals surface area contributed by atoms with Gasteiger partial charge in [-0.15, -0.1) is 0 Å². The van der Waals surface area contributed by atoms with Crippen LogP contribution in [0.1, 0.15) is 34.1 Å². The minimum atomic E-state index is -4.53. The molecule has 4 rings (SSSR count). The smallest absolute Gasteiger partial charge is 0.459 e. The van der Waals surface area contributed by atoms with Crippen LogP contribution in [0.3, 0.4) is 0 Å². The zero-order valence-electron chi connectivity index (χ0n) is 24.2. The normalized spacial score (nSPS) is 26.0. The predicted octanol–water partition coefficient (Wildman–Crippen LogP) is 5.04. The molecule has 2 aliphatic rings. The van der Waals surface area contributed by atoms with Crippen molar-refractivity contribution in [2.45, 2.75) is 70.4 Å². The van der Waals surface area contributed by atoms with Gasteiger partial charge in [0.2, 0.25) is 5.91 Å². The third-order valence-electron chi connectivity index (χ3n) is 6.82. The number of halogens is 2. The number of carbonyl (C=O) groups is 2. The molecule has 2 N–H and O–H groups in total. The summed E-state index contributed by atoms with van der Waals surface area (Å²) in [5, 5.41) is 13.2. The molecule has 0 bridgehead atoms. The summed E-state index contributed by atoms with van der Waals surface area (Å²) in [6.07, 6.45) is -2.40. The van der Waals surface area contributed by atoms with Crippen LogP contribution in [0.5, 0.6) is 5.75 Å². The number of hydrogen-bond acceptors (Lipinski definition) is 8. The summed E-state index contributed by atoms with van der Waals surface area (Å²) in [5.74, 6) is -2.11. The van der Waals surface area contributed by atoms with E-state index in [0.29, 0.717) is 11.1 Å². The Bertz CT molecular complexity index is 1430. The minimum absolute atomic E-state index is 0.0549. The van der Waals surface area contributed by atoms with Gasteiger partial charge in [0.05, 0.1) is 19.1 Å². The van der Waals surface area contributed by atoms with Gasteiger partial charge in [-0.1, -0.05) is 36.9 Å². The first-order valence-electron chi connectivity index (χ1n) is 13.7. The van der Waals surface area contributed by atoms with Crippen molar-refractivity contribution in [1.29, 1.82) is 0 Å². The van der Waals surface area contributed by atoms with Crippen molar-refractivity contribution in [3.63, 3.8) is 0 Å². The summed E-state index contributed by atoms with van der Waals surface area (Å²) in [6.45, 7) is 8.73. The van der Waals surface area contributed by atoms with Crippen molar-refractivity contribution in [1.82, 2.24) is 9.99 Å². The van der Waals surface area contributed by atoms with E-state index in [9.17, 15) is 19.3 Å². The first-order valence-corrected chi connectivity index (χ1v) is 15.2. The third kappa shape index (κ3) is 7.57. The number of aliphatic hydroxyl groups excluding tert-OH is 1. The number of amides is 1. The largest absolute Gasteiger partial charge is 0.462 e. The van der Waals surface area contributed by atoms with Crippen LogP contribution in [0.15, 0.2) is 73.0 Å². The van der Waals surface area contributed by atoms with E-state index >= 15 is 8.78 Å². The lowest BCUT2D eigenvalue weighted by molar-refractivity contribution is -0.149. The molecule has 10 nitrogen and oxygen atoms in total. The maximum Gasteiger partial charge on any atom is 0.459 e. The molecule has 43 heavy (non-hydrogen) atoms. The maximum atomic E-state index is 15.7. The van der Waals surface area contributed by atoms with E-state index in [-0.39, 0.29) is 17.7 Å². The number of nitrogens with zero attached hydrogens (tertiary/aromatic N) is 1.